The van der Waals surface area contributed by atoms with Gasteiger partial charge in [0.1, 0.15) is 12.1 Å². The predicted octanol–water partition coefficient (Wildman–Crippen LogP) is 3.87. The van der Waals surface area contributed by atoms with Crippen LogP contribution >= 0.6 is 0 Å². The number of fused-ring (bicyclic) bond motifs is 1. The molecule has 5 heteroatoms. The number of nitrogens with zero attached hydrogens (tertiary/aromatic N) is 4. The van der Waals surface area contributed by atoms with Crippen LogP contribution in [0.3, 0.4) is 0 Å². The van der Waals surface area contributed by atoms with Crippen molar-refractivity contribution in [2.75, 3.05) is 5.32 Å². The molecule has 0 amide bonds. The van der Waals surface area contributed by atoms with Crippen LogP contribution in [0, 0.1) is 6.92 Å². The maximum atomic E-state index is 4.64. The summed E-state index contributed by atoms with van der Waals surface area (Å²) >= 11 is 0. The molecule has 0 aliphatic carbocycles. The van der Waals surface area contributed by atoms with Crippen molar-refractivity contribution >= 4 is 22.5 Å². The van der Waals surface area contributed by atoms with Gasteiger partial charge < -0.3 is 5.32 Å². The van der Waals surface area contributed by atoms with Crippen LogP contribution in [0.15, 0.2) is 67.0 Å². The SMILES string of the molecule is Cc1nn(-c2ccccc2)c2ncnc(Nc3ccccc3)c12. The second kappa shape index (κ2) is 5.53. The molecule has 4 rings (SSSR count). The molecule has 0 saturated heterocycles. The highest BCUT2D eigenvalue weighted by Gasteiger charge is 2.15. The van der Waals surface area contributed by atoms with E-state index in [-0.39, 0.29) is 0 Å². The van der Waals surface area contributed by atoms with Crippen molar-refractivity contribution in [3.63, 3.8) is 0 Å². The first-order valence-electron chi connectivity index (χ1n) is 7.41. The molecule has 0 aliphatic heterocycles. The average Bonchev–Trinajstić information content (AvgIpc) is 2.95. The summed E-state index contributed by atoms with van der Waals surface area (Å²) in [5.41, 5.74) is 3.65. The zero-order valence-electron chi connectivity index (χ0n) is 12.6. The summed E-state index contributed by atoms with van der Waals surface area (Å²) in [6.07, 6.45) is 1.56. The first kappa shape index (κ1) is 13.5. The van der Waals surface area contributed by atoms with E-state index in [2.05, 4.69) is 20.4 Å². The topological polar surface area (TPSA) is 55.6 Å². The van der Waals surface area contributed by atoms with Crippen molar-refractivity contribution in [1.29, 1.82) is 0 Å². The Morgan fingerprint density at radius 3 is 2.30 bits per heavy atom. The Hall–Kier alpha value is -3.21. The van der Waals surface area contributed by atoms with E-state index in [1.165, 1.54) is 0 Å². The molecule has 23 heavy (non-hydrogen) atoms. The lowest BCUT2D eigenvalue weighted by molar-refractivity contribution is 0.876. The fourth-order valence-corrected chi connectivity index (χ4v) is 2.62. The Morgan fingerprint density at radius 1 is 0.870 bits per heavy atom. The first-order chi connectivity index (χ1) is 11.3. The number of hydrogen-bond donors (Lipinski definition) is 1. The molecule has 2 aromatic heterocycles. The minimum absolute atomic E-state index is 0.765. The van der Waals surface area contributed by atoms with E-state index in [0.717, 1.165) is 33.9 Å². The molecule has 0 bridgehead atoms. The van der Waals surface area contributed by atoms with Crippen molar-refractivity contribution in [2.45, 2.75) is 6.92 Å². The zero-order valence-corrected chi connectivity index (χ0v) is 12.6. The van der Waals surface area contributed by atoms with Crippen LogP contribution in [0.2, 0.25) is 0 Å². The Kier molecular flexibility index (Phi) is 3.24. The van der Waals surface area contributed by atoms with Gasteiger partial charge in [-0.25, -0.2) is 14.6 Å². The number of anilines is 2. The third-order valence-electron chi connectivity index (χ3n) is 3.68. The minimum atomic E-state index is 0.765. The van der Waals surface area contributed by atoms with Gasteiger partial charge >= 0.3 is 0 Å². The van der Waals surface area contributed by atoms with Gasteiger partial charge in [-0.3, -0.25) is 0 Å². The second-order valence-electron chi connectivity index (χ2n) is 5.24. The van der Waals surface area contributed by atoms with E-state index >= 15 is 0 Å². The lowest BCUT2D eigenvalue weighted by Gasteiger charge is -2.07. The molecule has 2 heterocycles. The minimum Gasteiger partial charge on any atom is -0.340 e. The van der Waals surface area contributed by atoms with Crippen LogP contribution < -0.4 is 5.32 Å². The van der Waals surface area contributed by atoms with E-state index in [0.29, 0.717) is 0 Å². The van der Waals surface area contributed by atoms with Gasteiger partial charge in [0, 0.05) is 5.69 Å². The monoisotopic (exact) mass is 301 g/mol. The predicted molar refractivity (Wildman–Crippen MR) is 91.1 cm³/mol. The number of rotatable bonds is 3. The average molecular weight is 301 g/mol. The summed E-state index contributed by atoms with van der Waals surface area (Å²) in [7, 11) is 0. The van der Waals surface area contributed by atoms with Crippen LogP contribution in [0.4, 0.5) is 11.5 Å². The lowest BCUT2D eigenvalue weighted by atomic mass is 10.2. The van der Waals surface area contributed by atoms with Gasteiger partial charge in [0.25, 0.3) is 0 Å². The van der Waals surface area contributed by atoms with Crippen LogP contribution in [0.5, 0.6) is 0 Å². The number of nitrogens with one attached hydrogen (secondary N) is 1. The standard InChI is InChI=1S/C18H15N5/c1-13-16-17(21-14-8-4-2-5-9-14)19-12-20-18(16)23(22-13)15-10-6-3-7-11-15/h2-12H,1H3,(H,19,20,21). The van der Waals surface area contributed by atoms with Crippen LogP contribution in [0.25, 0.3) is 16.7 Å². The third-order valence-corrected chi connectivity index (χ3v) is 3.68. The second-order valence-corrected chi connectivity index (χ2v) is 5.24. The van der Waals surface area contributed by atoms with E-state index < -0.39 is 0 Å². The molecule has 5 nitrogen and oxygen atoms in total. The summed E-state index contributed by atoms with van der Waals surface area (Å²) in [6, 6.07) is 20.0. The van der Waals surface area contributed by atoms with Crippen molar-refractivity contribution < 1.29 is 0 Å². The van der Waals surface area contributed by atoms with Gasteiger partial charge in [0.2, 0.25) is 0 Å². The van der Waals surface area contributed by atoms with E-state index in [4.69, 9.17) is 0 Å². The molecule has 0 fully saturated rings. The quantitative estimate of drug-likeness (QED) is 0.624. The van der Waals surface area contributed by atoms with E-state index in [1.807, 2.05) is 72.3 Å². The molecule has 2 aromatic carbocycles. The molecule has 112 valence electrons. The fourth-order valence-electron chi connectivity index (χ4n) is 2.62. The molecule has 0 spiro atoms. The molecule has 0 aliphatic rings. The molecule has 0 radical (unpaired) electrons. The molecule has 1 N–H and O–H groups in total. The van der Waals surface area contributed by atoms with Crippen LogP contribution in [-0.4, -0.2) is 19.7 Å². The Labute approximate surface area is 133 Å². The smallest absolute Gasteiger partial charge is 0.168 e. The van der Waals surface area contributed by atoms with Gasteiger partial charge in [0.15, 0.2) is 5.65 Å². The molecule has 4 aromatic rings. The van der Waals surface area contributed by atoms with Gasteiger partial charge in [-0.05, 0) is 31.2 Å². The normalized spacial score (nSPS) is 10.8. The maximum Gasteiger partial charge on any atom is 0.168 e. The van der Waals surface area contributed by atoms with Gasteiger partial charge in [-0.2, -0.15) is 5.10 Å². The summed E-state index contributed by atoms with van der Waals surface area (Å²) in [5, 5.41) is 8.92. The number of aromatic nitrogens is 4. The van der Waals surface area contributed by atoms with Crippen LogP contribution in [-0.2, 0) is 0 Å². The fraction of sp³-hybridized carbons (Fsp3) is 0.0556. The molecule has 0 atom stereocenters. The zero-order chi connectivity index (χ0) is 15.6. The number of hydrogen-bond acceptors (Lipinski definition) is 4. The third kappa shape index (κ3) is 2.42. The van der Waals surface area contributed by atoms with Crippen molar-refractivity contribution in [3.05, 3.63) is 72.7 Å². The largest absolute Gasteiger partial charge is 0.340 e. The molecule has 0 saturated carbocycles. The Morgan fingerprint density at radius 2 is 1.57 bits per heavy atom. The Balaban J connectivity index is 1.87. The Bertz CT molecular complexity index is 945. The van der Waals surface area contributed by atoms with Crippen molar-refractivity contribution in [2.24, 2.45) is 0 Å². The highest BCUT2D eigenvalue weighted by molar-refractivity contribution is 5.91. The number of benzene rings is 2. The van der Waals surface area contributed by atoms with Crippen LogP contribution in [0.1, 0.15) is 5.69 Å². The maximum absolute atomic E-state index is 4.64. The first-order valence-corrected chi connectivity index (χ1v) is 7.41. The van der Waals surface area contributed by atoms with Gasteiger partial charge in [-0.1, -0.05) is 36.4 Å². The van der Waals surface area contributed by atoms with Gasteiger partial charge in [0.05, 0.1) is 16.8 Å². The van der Waals surface area contributed by atoms with Crippen molar-refractivity contribution in [3.8, 4) is 5.69 Å². The summed E-state index contributed by atoms with van der Waals surface area (Å²) in [6.45, 7) is 1.97. The van der Waals surface area contributed by atoms with Crippen molar-refractivity contribution in [1.82, 2.24) is 19.7 Å². The summed E-state index contributed by atoms with van der Waals surface area (Å²) in [5.74, 6) is 0.765. The summed E-state index contributed by atoms with van der Waals surface area (Å²) < 4.78 is 1.85. The summed E-state index contributed by atoms with van der Waals surface area (Å²) in [4.78, 5) is 8.82. The lowest BCUT2D eigenvalue weighted by Crippen LogP contribution is -1.99. The number of para-hydroxylation sites is 2. The van der Waals surface area contributed by atoms with E-state index in [1.54, 1.807) is 6.33 Å². The van der Waals surface area contributed by atoms with E-state index in [9.17, 15) is 0 Å². The molecular weight excluding hydrogens is 286 g/mol. The highest BCUT2D eigenvalue weighted by atomic mass is 15.3. The number of aryl methyl sites for hydroxylation is 1. The molecule has 0 unspecified atom stereocenters. The highest BCUT2D eigenvalue weighted by Crippen LogP contribution is 2.27. The van der Waals surface area contributed by atoms with Gasteiger partial charge in [-0.15, -0.1) is 0 Å². The molecular formula is C18H15N5.